The normalized spacial score (nSPS) is 18.1. The van der Waals surface area contributed by atoms with E-state index < -0.39 is 11.8 Å². The SMILES string of the molecule is Cc1cc2cc(N/C(N[C@H]3CCCCN(CC(=O)N4CCCC4)C3=O)=C(/C#N)C(=O)c3ccc(Cl)cc3)ccc2o1. The second-order valence-corrected chi connectivity index (χ2v) is 10.9. The van der Waals surface area contributed by atoms with Crippen LogP contribution in [0.1, 0.15) is 48.2 Å². The number of carbonyl (C=O) groups is 3. The molecule has 0 spiro atoms. The number of anilines is 1. The van der Waals surface area contributed by atoms with Crippen LogP contribution in [0.15, 0.2) is 64.3 Å². The maximum absolute atomic E-state index is 13.7. The predicted molar refractivity (Wildman–Crippen MR) is 156 cm³/mol. The van der Waals surface area contributed by atoms with Crippen molar-refractivity contribution in [3.63, 3.8) is 0 Å². The molecular formula is C31H32ClN5O4. The number of fused-ring (bicyclic) bond motifs is 1. The van der Waals surface area contributed by atoms with Crippen LogP contribution in [0.4, 0.5) is 5.69 Å². The van der Waals surface area contributed by atoms with Gasteiger partial charge in [-0.25, -0.2) is 0 Å². The van der Waals surface area contributed by atoms with Gasteiger partial charge in [-0.05, 0) is 87.6 Å². The Labute approximate surface area is 243 Å². The largest absolute Gasteiger partial charge is 0.461 e. The Morgan fingerprint density at radius 3 is 2.51 bits per heavy atom. The Morgan fingerprint density at radius 2 is 1.78 bits per heavy atom. The second kappa shape index (κ2) is 12.5. The lowest BCUT2D eigenvalue weighted by Crippen LogP contribution is -2.49. The minimum absolute atomic E-state index is 0.0226. The maximum Gasteiger partial charge on any atom is 0.245 e. The van der Waals surface area contributed by atoms with E-state index in [-0.39, 0.29) is 35.3 Å². The molecule has 2 fully saturated rings. The van der Waals surface area contributed by atoms with Crippen molar-refractivity contribution < 1.29 is 18.8 Å². The lowest BCUT2D eigenvalue weighted by atomic mass is 10.0. The first-order valence-electron chi connectivity index (χ1n) is 13.9. The minimum atomic E-state index is -0.729. The van der Waals surface area contributed by atoms with Gasteiger partial charge in [0.05, 0.1) is 6.54 Å². The predicted octanol–water partition coefficient (Wildman–Crippen LogP) is 5.02. The van der Waals surface area contributed by atoms with Crippen molar-refractivity contribution in [1.82, 2.24) is 15.1 Å². The first-order chi connectivity index (χ1) is 19.8. The highest BCUT2D eigenvalue weighted by molar-refractivity contribution is 6.30. The summed E-state index contributed by atoms with van der Waals surface area (Å²) in [6.07, 6.45) is 3.96. The van der Waals surface area contributed by atoms with Crippen molar-refractivity contribution in [2.24, 2.45) is 0 Å². The number of amides is 2. The molecule has 2 aromatic carbocycles. The molecule has 9 nitrogen and oxygen atoms in total. The molecule has 0 aliphatic carbocycles. The number of furan rings is 1. The van der Waals surface area contributed by atoms with Crippen molar-refractivity contribution in [2.75, 3.05) is 31.5 Å². The zero-order chi connectivity index (χ0) is 28.9. The van der Waals surface area contributed by atoms with Crippen molar-refractivity contribution in [3.05, 3.63) is 76.3 Å². The van der Waals surface area contributed by atoms with E-state index in [1.807, 2.05) is 25.1 Å². The number of hydrogen-bond acceptors (Lipinski definition) is 7. The molecule has 0 radical (unpaired) electrons. The zero-order valence-electron chi connectivity index (χ0n) is 22.9. The van der Waals surface area contributed by atoms with Crippen LogP contribution in [0.25, 0.3) is 11.0 Å². The molecule has 2 amide bonds. The zero-order valence-corrected chi connectivity index (χ0v) is 23.7. The number of hydrogen-bond donors (Lipinski definition) is 2. The molecule has 0 saturated carbocycles. The first kappa shape index (κ1) is 28.2. The van der Waals surface area contributed by atoms with Gasteiger partial charge in [0.1, 0.15) is 34.8 Å². The molecule has 212 valence electrons. The van der Waals surface area contributed by atoms with Crippen LogP contribution in [-0.2, 0) is 9.59 Å². The Kier molecular flexibility index (Phi) is 8.60. The molecule has 2 aliphatic heterocycles. The fourth-order valence-corrected chi connectivity index (χ4v) is 5.46. The first-order valence-corrected chi connectivity index (χ1v) is 14.2. The monoisotopic (exact) mass is 573 g/mol. The number of allylic oxidation sites excluding steroid dienone is 1. The standard InChI is InChI=1S/C31H32ClN5O4/c1-20-16-22-17-24(11-12-27(22)41-20)34-30(25(18-33)29(39)21-7-9-23(32)10-8-21)35-26-6-2-3-15-37(31(26)40)19-28(38)36-13-4-5-14-36/h7-12,16-17,26,34-35H,2-6,13-15,19H2,1H3/b30-25+/t26-/m0/s1. The van der Waals surface area contributed by atoms with Gasteiger partial charge in [-0.3, -0.25) is 14.4 Å². The number of aryl methyl sites for hydroxylation is 1. The van der Waals surface area contributed by atoms with Gasteiger partial charge in [-0.2, -0.15) is 5.26 Å². The van der Waals surface area contributed by atoms with Crippen LogP contribution in [0.2, 0.25) is 5.02 Å². The maximum atomic E-state index is 13.7. The minimum Gasteiger partial charge on any atom is -0.461 e. The number of nitriles is 1. The Morgan fingerprint density at radius 1 is 1.05 bits per heavy atom. The Bertz CT molecular complexity index is 1530. The van der Waals surface area contributed by atoms with E-state index in [2.05, 4.69) is 10.6 Å². The molecule has 3 heterocycles. The third-order valence-corrected chi connectivity index (χ3v) is 7.74. The molecular weight excluding hydrogens is 542 g/mol. The number of nitrogens with zero attached hydrogens (tertiary/aromatic N) is 3. The number of likely N-dealkylation sites (tertiary alicyclic amines) is 2. The third-order valence-electron chi connectivity index (χ3n) is 7.49. The smallest absolute Gasteiger partial charge is 0.245 e. The summed E-state index contributed by atoms with van der Waals surface area (Å²) in [4.78, 5) is 43.5. The van der Waals surface area contributed by atoms with Crippen molar-refractivity contribution in [1.29, 1.82) is 5.26 Å². The van der Waals surface area contributed by atoms with E-state index in [0.29, 0.717) is 29.3 Å². The quantitative estimate of drug-likeness (QED) is 0.221. The fraction of sp³-hybridized carbons (Fsp3) is 0.355. The average molecular weight is 574 g/mol. The van der Waals surface area contributed by atoms with E-state index in [9.17, 15) is 19.6 Å². The molecule has 10 heteroatoms. The van der Waals surface area contributed by atoms with Gasteiger partial charge in [-0.15, -0.1) is 0 Å². The lowest BCUT2D eigenvalue weighted by Gasteiger charge is -2.28. The third kappa shape index (κ3) is 6.55. The van der Waals surface area contributed by atoms with Crippen LogP contribution < -0.4 is 10.6 Å². The van der Waals surface area contributed by atoms with Crippen molar-refractivity contribution in [3.8, 4) is 6.07 Å². The molecule has 0 unspecified atom stereocenters. The van der Waals surface area contributed by atoms with Crippen molar-refractivity contribution in [2.45, 2.75) is 45.1 Å². The van der Waals surface area contributed by atoms with E-state index in [1.165, 1.54) is 0 Å². The van der Waals surface area contributed by atoms with Gasteiger partial charge in [0, 0.05) is 41.3 Å². The molecule has 2 N–H and O–H groups in total. The number of halogens is 1. The summed E-state index contributed by atoms with van der Waals surface area (Å²) in [5.74, 6) is 0.0881. The Hall–Kier alpha value is -4.29. The number of ketones is 1. The van der Waals surface area contributed by atoms with Crippen LogP contribution in [0.5, 0.6) is 0 Å². The summed E-state index contributed by atoms with van der Waals surface area (Å²) in [6, 6.07) is 14.9. The highest BCUT2D eigenvalue weighted by atomic mass is 35.5. The number of carbonyl (C=O) groups excluding carboxylic acids is 3. The molecule has 2 saturated heterocycles. The number of benzene rings is 2. The summed E-state index contributed by atoms with van der Waals surface area (Å²) < 4.78 is 5.68. The topological polar surface area (TPSA) is 119 Å². The number of Topliss-reactive ketones (excluding diaryl/α,β-unsaturated/α-hetero) is 1. The van der Waals surface area contributed by atoms with Gasteiger partial charge < -0.3 is 24.9 Å². The highest BCUT2D eigenvalue weighted by Gasteiger charge is 2.31. The molecule has 3 aromatic rings. The van der Waals surface area contributed by atoms with Crippen LogP contribution >= 0.6 is 11.6 Å². The summed E-state index contributed by atoms with van der Waals surface area (Å²) in [6.45, 7) is 3.80. The lowest BCUT2D eigenvalue weighted by molar-refractivity contribution is -0.140. The summed E-state index contributed by atoms with van der Waals surface area (Å²) in [7, 11) is 0. The summed E-state index contributed by atoms with van der Waals surface area (Å²) in [5, 5.41) is 17.9. The molecule has 2 aliphatic rings. The van der Waals surface area contributed by atoms with E-state index >= 15 is 0 Å². The van der Waals surface area contributed by atoms with Gasteiger partial charge in [0.2, 0.25) is 17.6 Å². The van der Waals surface area contributed by atoms with E-state index in [4.69, 9.17) is 16.0 Å². The molecule has 41 heavy (non-hydrogen) atoms. The molecule has 0 bridgehead atoms. The van der Waals surface area contributed by atoms with Crippen LogP contribution in [-0.4, -0.2) is 59.6 Å². The number of rotatable bonds is 8. The second-order valence-electron chi connectivity index (χ2n) is 10.5. The summed E-state index contributed by atoms with van der Waals surface area (Å²) in [5.41, 5.74) is 1.44. The fourth-order valence-electron chi connectivity index (χ4n) is 5.33. The average Bonchev–Trinajstić information content (AvgIpc) is 3.59. The van der Waals surface area contributed by atoms with Crippen molar-refractivity contribution >= 4 is 45.9 Å². The van der Waals surface area contributed by atoms with Crippen LogP contribution in [0, 0.1) is 18.3 Å². The Balaban J connectivity index is 1.46. The van der Waals surface area contributed by atoms with Gasteiger partial charge in [0.25, 0.3) is 0 Å². The van der Waals surface area contributed by atoms with E-state index in [0.717, 1.165) is 49.9 Å². The molecule has 1 atom stereocenters. The van der Waals surface area contributed by atoms with E-state index in [1.54, 1.807) is 46.2 Å². The van der Waals surface area contributed by atoms with Gasteiger partial charge >= 0.3 is 0 Å². The highest BCUT2D eigenvalue weighted by Crippen LogP contribution is 2.25. The number of nitrogens with one attached hydrogen (secondary N) is 2. The molecule has 5 rings (SSSR count). The van der Waals surface area contributed by atoms with Crippen LogP contribution in [0.3, 0.4) is 0 Å². The molecule has 1 aromatic heterocycles. The van der Waals surface area contributed by atoms with Gasteiger partial charge in [-0.1, -0.05) is 11.6 Å². The summed E-state index contributed by atoms with van der Waals surface area (Å²) >= 11 is 6.01. The van der Waals surface area contributed by atoms with Gasteiger partial charge in [0.15, 0.2) is 0 Å².